The van der Waals surface area contributed by atoms with Gasteiger partial charge in [-0.2, -0.15) is 0 Å². The number of aromatic nitrogens is 4. The minimum atomic E-state index is 0.705. The number of rotatable bonds is 0. The molecule has 164 valence electrons. The number of nitrogens with zero attached hydrogens (tertiary/aromatic N) is 2. The summed E-state index contributed by atoms with van der Waals surface area (Å²) in [5.41, 5.74) is 9.04. The van der Waals surface area contributed by atoms with Crippen LogP contribution in [0.5, 0.6) is 5.75 Å². The van der Waals surface area contributed by atoms with Gasteiger partial charge in [-0.1, -0.05) is 24.3 Å². The predicted octanol–water partition coefficient (Wildman–Crippen LogP) is 6.75. The molecule has 7 rings (SSSR count). The maximum absolute atomic E-state index is 5.34. The van der Waals surface area contributed by atoms with E-state index in [1.807, 2.05) is 78.9 Å². The van der Waals surface area contributed by atoms with Crippen LogP contribution in [-0.2, 0) is 0 Å². The van der Waals surface area contributed by atoms with Crippen molar-refractivity contribution in [2.45, 2.75) is 0 Å². The third kappa shape index (κ3) is 4.45. The van der Waals surface area contributed by atoms with E-state index < -0.39 is 0 Å². The number of ether oxygens (including phenoxy) is 1. The largest absolute Gasteiger partial charge is 0.489 e. The summed E-state index contributed by atoms with van der Waals surface area (Å²) < 4.78 is 5.34. The first kappa shape index (κ1) is 20.0. The molecule has 0 saturated heterocycles. The Kier molecular flexibility index (Phi) is 5.13. The van der Waals surface area contributed by atoms with Crippen LogP contribution in [-0.4, -0.2) is 26.5 Å². The fourth-order valence-corrected chi connectivity index (χ4v) is 4.01. The zero-order valence-corrected chi connectivity index (χ0v) is 18.4. The molecular weight excluding hydrogens is 420 g/mol. The lowest BCUT2D eigenvalue weighted by Gasteiger charge is -2.10. The molecule has 0 radical (unpaired) electrons. The Hall–Kier alpha value is -4.64. The van der Waals surface area contributed by atoms with Crippen molar-refractivity contribution < 1.29 is 4.74 Å². The van der Waals surface area contributed by atoms with Crippen LogP contribution in [0.3, 0.4) is 0 Å². The van der Waals surface area contributed by atoms with Crippen LogP contribution in [0, 0.1) is 0 Å². The van der Waals surface area contributed by atoms with Crippen LogP contribution in [0.15, 0.2) is 78.9 Å². The van der Waals surface area contributed by atoms with Gasteiger partial charge >= 0.3 is 0 Å². The van der Waals surface area contributed by atoms with Crippen LogP contribution in [0.2, 0.25) is 0 Å². The fourth-order valence-electron chi connectivity index (χ4n) is 4.01. The van der Waals surface area contributed by atoms with Gasteiger partial charge in [0.15, 0.2) is 0 Å². The second-order valence-corrected chi connectivity index (χ2v) is 8.16. The molecule has 34 heavy (non-hydrogen) atoms. The smallest absolute Gasteiger partial charge is 0.126 e. The average Bonchev–Trinajstić information content (AvgIpc) is 3.66. The second kappa shape index (κ2) is 8.71. The molecule has 0 saturated carbocycles. The number of hydrogen-bond acceptors (Lipinski definition) is 3. The summed E-state index contributed by atoms with van der Waals surface area (Å²) in [4.78, 5) is 16.0. The van der Waals surface area contributed by atoms with E-state index in [1.54, 1.807) is 0 Å². The maximum atomic E-state index is 5.34. The van der Waals surface area contributed by atoms with E-state index in [9.17, 15) is 0 Å². The van der Waals surface area contributed by atoms with Gasteiger partial charge in [-0.3, -0.25) is 0 Å². The highest BCUT2D eigenvalue weighted by Gasteiger charge is 2.02. The van der Waals surface area contributed by atoms with Gasteiger partial charge in [0.1, 0.15) is 12.4 Å². The SMILES string of the molecule is C1=Cc2cc3ccc(cc4nc(cc5ccc(cc1n2)[nH]5)C=C4)[nH]3.C1=Cc2ccccc2OC1. The van der Waals surface area contributed by atoms with E-state index in [-0.39, 0.29) is 0 Å². The Balaban J connectivity index is 0.000000182. The van der Waals surface area contributed by atoms with Crippen LogP contribution in [0.25, 0.3) is 52.4 Å². The molecule has 0 aliphatic carbocycles. The van der Waals surface area contributed by atoms with E-state index in [0.29, 0.717) is 6.61 Å². The second-order valence-electron chi connectivity index (χ2n) is 8.16. The Morgan fingerprint density at radius 2 is 1.03 bits per heavy atom. The van der Waals surface area contributed by atoms with E-state index in [0.717, 1.165) is 50.6 Å². The lowest BCUT2D eigenvalue weighted by atomic mass is 10.1. The molecular formula is C29H22N4O. The standard InChI is InChI=1S/C20H14N4.C9H8O/c1-2-14-10-16-5-6-18(23-16)12-20-8-7-19(24-20)11-17-4-3-15(22-17)9-13(1)21-14;1-2-6-9-8(4-1)5-3-7-10-9/h1-12,21,24H;1-6H,7H2. The quantitative estimate of drug-likeness (QED) is 0.273. The summed E-state index contributed by atoms with van der Waals surface area (Å²) in [6.45, 7) is 0.705. The van der Waals surface area contributed by atoms with Crippen molar-refractivity contribution in [3.8, 4) is 5.75 Å². The number of para-hydroxylation sites is 1. The van der Waals surface area contributed by atoms with Crippen LogP contribution >= 0.6 is 0 Å². The molecule has 2 N–H and O–H groups in total. The highest BCUT2D eigenvalue weighted by Crippen LogP contribution is 2.22. The highest BCUT2D eigenvalue weighted by molar-refractivity contribution is 5.77. The van der Waals surface area contributed by atoms with Gasteiger partial charge in [-0.15, -0.1) is 0 Å². The van der Waals surface area contributed by atoms with E-state index >= 15 is 0 Å². The Labute approximate surface area is 196 Å². The monoisotopic (exact) mass is 442 g/mol. The number of aromatic amines is 2. The number of hydrogen-bond donors (Lipinski definition) is 2. The maximum Gasteiger partial charge on any atom is 0.126 e. The summed E-state index contributed by atoms with van der Waals surface area (Å²) in [5, 5.41) is 0. The van der Waals surface area contributed by atoms with Crippen LogP contribution in [0.4, 0.5) is 0 Å². The molecule has 4 aromatic rings. The molecule has 0 spiro atoms. The summed E-state index contributed by atoms with van der Waals surface area (Å²) in [6, 6.07) is 24.4. The zero-order valence-electron chi connectivity index (χ0n) is 18.4. The van der Waals surface area contributed by atoms with Crippen molar-refractivity contribution in [3.05, 3.63) is 107 Å². The molecule has 3 aliphatic heterocycles. The van der Waals surface area contributed by atoms with E-state index in [2.05, 4.69) is 50.3 Å². The van der Waals surface area contributed by atoms with Gasteiger partial charge in [0, 0.05) is 27.6 Å². The first-order valence-electron chi connectivity index (χ1n) is 11.2. The molecule has 1 aromatic carbocycles. The van der Waals surface area contributed by atoms with Crippen molar-refractivity contribution in [1.82, 2.24) is 19.9 Å². The lowest BCUT2D eigenvalue weighted by molar-refractivity contribution is 0.358. The molecule has 5 heteroatoms. The third-order valence-corrected chi connectivity index (χ3v) is 5.59. The van der Waals surface area contributed by atoms with Crippen LogP contribution < -0.4 is 4.74 Å². The summed E-state index contributed by atoms with van der Waals surface area (Å²) in [5.74, 6) is 0.991. The van der Waals surface area contributed by atoms with Gasteiger partial charge in [0.05, 0.1) is 22.8 Å². The molecule has 5 nitrogen and oxygen atoms in total. The van der Waals surface area contributed by atoms with Crippen molar-refractivity contribution in [2.24, 2.45) is 0 Å². The lowest BCUT2D eigenvalue weighted by Crippen LogP contribution is -1.98. The molecule has 0 amide bonds. The predicted molar refractivity (Wildman–Crippen MR) is 140 cm³/mol. The first-order chi connectivity index (χ1) is 16.8. The fraction of sp³-hybridized carbons (Fsp3) is 0.0345. The molecule has 8 bridgehead atoms. The molecule has 0 atom stereocenters. The molecule has 0 unspecified atom stereocenters. The number of nitrogens with one attached hydrogen (secondary N) is 2. The molecule has 6 heterocycles. The van der Waals surface area contributed by atoms with Gasteiger partial charge in [-0.25, -0.2) is 9.97 Å². The molecule has 0 fully saturated rings. The Morgan fingerprint density at radius 3 is 1.50 bits per heavy atom. The normalized spacial score (nSPS) is 13.1. The minimum absolute atomic E-state index is 0.705. The van der Waals surface area contributed by atoms with Crippen molar-refractivity contribution in [2.75, 3.05) is 6.61 Å². The number of benzene rings is 1. The average molecular weight is 443 g/mol. The van der Waals surface area contributed by atoms with E-state index in [4.69, 9.17) is 4.74 Å². The van der Waals surface area contributed by atoms with Gasteiger partial charge in [0.2, 0.25) is 0 Å². The Morgan fingerprint density at radius 1 is 0.559 bits per heavy atom. The summed E-state index contributed by atoms with van der Waals surface area (Å²) >= 11 is 0. The Bertz CT molecular complexity index is 1440. The van der Waals surface area contributed by atoms with Crippen LogP contribution in [0.1, 0.15) is 28.3 Å². The van der Waals surface area contributed by atoms with Gasteiger partial charge in [0.25, 0.3) is 0 Å². The first-order valence-corrected chi connectivity index (χ1v) is 11.2. The highest BCUT2D eigenvalue weighted by atomic mass is 16.5. The summed E-state index contributed by atoms with van der Waals surface area (Å²) in [7, 11) is 0. The third-order valence-electron chi connectivity index (χ3n) is 5.59. The van der Waals surface area contributed by atoms with Crippen molar-refractivity contribution >= 4 is 52.4 Å². The molecule has 3 aliphatic rings. The zero-order chi connectivity index (χ0) is 22.7. The number of H-pyrrole nitrogens is 2. The van der Waals surface area contributed by atoms with Crippen molar-refractivity contribution in [1.29, 1.82) is 0 Å². The topological polar surface area (TPSA) is 66.6 Å². The van der Waals surface area contributed by atoms with E-state index in [1.165, 1.54) is 5.56 Å². The van der Waals surface area contributed by atoms with Crippen molar-refractivity contribution in [3.63, 3.8) is 0 Å². The molecule has 3 aromatic heterocycles. The summed E-state index contributed by atoms with van der Waals surface area (Å²) in [6.07, 6.45) is 12.2. The number of fused-ring (bicyclic) bond motifs is 9. The van der Waals surface area contributed by atoms with Gasteiger partial charge < -0.3 is 14.7 Å². The van der Waals surface area contributed by atoms with Gasteiger partial charge in [-0.05, 0) is 85.0 Å². The minimum Gasteiger partial charge on any atom is -0.489 e.